The molecule has 2 unspecified atom stereocenters. The van der Waals surface area contributed by atoms with Crippen molar-refractivity contribution in [2.75, 3.05) is 18.9 Å². The highest BCUT2D eigenvalue weighted by Gasteiger charge is 2.38. The molecule has 0 aliphatic rings. The van der Waals surface area contributed by atoms with Crippen LogP contribution in [0.5, 0.6) is 0 Å². The Morgan fingerprint density at radius 3 is 1.83 bits per heavy atom. The summed E-state index contributed by atoms with van der Waals surface area (Å²) in [4.78, 5) is 64.0. The van der Waals surface area contributed by atoms with Crippen molar-refractivity contribution in [2.24, 2.45) is 23.1 Å². The summed E-state index contributed by atoms with van der Waals surface area (Å²) >= 11 is 0. The van der Waals surface area contributed by atoms with Gasteiger partial charge in [0.2, 0.25) is 23.6 Å². The molecule has 53 heavy (non-hydrogen) atoms. The number of amidine groups is 1. The molecule has 3 rings (SSSR count). The number of likely N-dealkylation sites (N-methyl/N-ethyl adjacent to an activating group) is 1. The molecule has 3 aromatic carbocycles. The van der Waals surface area contributed by atoms with Gasteiger partial charge >= 0.3 is 12.1 Å². The molecule has 0 spiro atoms. The predicted molar refractivity (Wildman–Crippen MR) is 190 cm³/mol. The van der Waals surface area contributed by atoms with E-state index in [1.807, 2.05) is 18.2 Å². The number of benzene rings is 3. The summed E-state index contributed by atoms with van der Waals surface area (Å²) in [6, 6.07) is 22.3. The Morgan fingerprint density at radius 1 is 0.811 bits per heavy atom. The molecule has 0 fully saturated rings. The van der Waals surface area contributed by atoms with E-state index in [0.29, 0.717) is 29.8 Å². The van der Waals surface area contributed by atoms with Crippen LogP contribution in [0.15, 0.2) is 84.9 Å². The predicted octanol–water partition coefficient (Wildman–Crippen LogP) is 1.70. The number of amides is 4. The van der Waals surface area contributed by atoms with Crippen LogP contribution in [0.1, 0.15) is 29.5 Å². The van der Waals surface area contributed by atoms with E-state index in [-0.39, 0.29) is 31.1 Å². The first-order valence-corrected chi connectivity index (χ1v) is 16.0. The van der Waals surface area contributed by atoms with Crippen molar-refractivity contribution in [3.8, 4) is 0 Å². The second-order valence-electron chi connectivity index (χ2n) is 11.6. The lowest BCUT2D eigenvalue weighted by molar-refractivity contribution is -0.192. The van der Waals surface area contributed by atoms with E-state index in [2.05, 4.69) is 16.0 Å². The number of nitrogens with zero attached hydrogens (tertiary/aromatic N) is 1. The highest BCUT2D eigenvalue weighted by Crippen LogP contribution is 2.19. The van der Waals surface area contributed by atoms with Crippen molar-refractivity contribution in [1.82, 2.24) is 15.5 Å². The summed E-state index contributed by atoms with van der Waals surface area (Å²) < 4.78 is 31.7. The minimum atomic E-state index is -5.08. The third kappa shape index (κ3) is 14.7. The molecule has 18 heteroatoms. The van der Waals surface area contributed by atoms with Gasteiger partial charge in [-0.2, -0.15) is 13.2 Å². The number of carboxylic acid groups (broad SMARTS) is 1. The van der Waals surface area contributed by atoms with Gasteiger partial charge in [-0.1, -0.05) is 72.8 Å². The Balaban J connectivity index is 0.00000126. The van der Waals surface area contributed by atoms with Crippen molar-refractivity contribution in [3.05, 3.63) is 102 Å². The van der Waals surface area contributed by atoms with Gasteiger partial charge in [0.15, 0.2) is 5.96 Å². The third-order valence-corrected chi connectivity index (χ3v) is 7.64. The fraction of sp³-hybridized carbons (Fsp3) is 0.286. The lowest BCUT2D eigenvalue weighted by atomic mass is 9.94. The summed E-state index contributed by atoms with van der Waals surface area (Å²) in [5, 5.41) is 30.2. The number of nitrogen functional groups attached to an aromatic ring is 1. The zero-order valence-corrected chi connectivity index (χ0v) is 28.7. The van der Waals surface area contributed by atoms with Crippen molar-refractivity contribution < 1.29 is 42.3 Å². The van der Waals surface area contributed by atoms with Crippen LogP contribution in [-0.2, 0) is 36.8 Å². The van der Waals surface area contributed by atoms with Crippen LogP contribution in [0, 0.1) is 16.7 Å². The average Bonchev–Trinajstić information content (AvgIpc) is 3.10. The number of halogens is 3. The highest BCUT2D eigenvalue weighted by molar-refractivity contribution is 6.07. The van der Waals surface area contributed by atoms with Crippen LogP contribution >= 0.6 is 0 Å². The number of carbonyl (C=O) groups excluding carboxylic acids is 4. The molecule has 0 radical (unpaired) electrons. The van der Waals surface area contributed by atoms with Gasteiger partial charge in [0.05, 0.1) is 0 Å². The molecule has 0 aliphatic carbocycles. The van der Waals surface area contributed by atoms with E-state index in [1.54, 1.807) is 66.7 Å². The van der Waals surface area contributed by atoms with Gasteiger partial charge in [-0.05, 0) is 42.5 Å². The van der Waals surface area contributed by atoms with E-state index in [0.717, 1.165) is 5.56 Å². The van der Waals surface area contributed by atoms with Crippen LogP contribution < -0.4 is 33.2 Å². The molecule has 0 saturated heterocycles. The standard InChI is InChI=1S/C33H41N9O4.C2HF3O2/c1-42(27(20-21-9-4-2-5-10-21)31(45)41-26(29(36)43)13-8-18-39-33(37)38)32(46)25(30(44)40-24-11-6-3-7-12-24)19-22-14-16-23(17-15-22)28(34)35;3-2(4,5)1(6)7/h2-7,9-12,14-17,25-27H,8,13,18-20H2,1H3,(H3,34,35)(H2,36,43)(H,40,44)(H,41,45)(H4,37,38,39);(H,6,7)/t25?,26-,27?;/m0./s1. The monoisotopic (exact) mass is 741 g/mol. The summed E-state index contributed by atoms with van der Waals surface area (Å²) in [5.74, 6) is -6.86. The first-order valence-electron chi connectivity index (χ1n) is 16.0. The van der Waals surface area contributed by atoms with Crippen LogP contribution in [0.3, 0.4) is 0 Å². The van der Waals surface area contributed by atoms with E-state index in [1.165, 1.54) is 11.9 Å². The number of carbonyl (C=O) groups is 5. The number of anilines is 1. The molecule has 12 N–H and O–H groups in total. The number of guanidine groups is 1. The Morgan fingerprint density at radius 2 is 1.34 bits per heavy atom. The average molecular weight is 742 g/mol. The molecule has 0 heterocycles. The Bertz CT molecular complexity index is 1730. The largest absolute Gasteiger partial charge is 0.490 e. The minimum absolute atomic E-state index is 0.00671. The molecule has 15 nitrogen and oxygen atoms in total. The number of aliphatic carboxylic acids is 1. The smallest absolute Gasteiger partial charge is 0.475 e. The SMILES string of the molecule is CN(C(=O)C(Cc1ccc(C(=N)N)cc1)C(=O)Nc1ccccc1)C(Cc1ccccc1)C(=O)N[C@@H](CCCNC(=N)N)C(N)=O.O=C(O)C(F)(F)F. The second kappa shape index (κ2) is 20.4. The molecule has 3 atom stereocenters. The maximum atomic E-state index is 14.2. The van der Waals surface area contributed by atoms with Crippen LogP contribution in [-0.4, -0.2) is 83.3 Å². The normalized spacial score (nSPS) is 12.4. The van der Waals surface area contributed by atoms with Crippen molar-refractivity contribution in [3.63, 3.8) is 0 Å². The zero-order chi connectivity index (χ0) is 39.7. The van der Waals surface area contributed by atoms with Crippen LogP contribution in [0.4, 0.5) is 18.9 Å². The van der Waals surface area contributed by atoms with E-state index < -0.39 is 53.8 Å². The van der Waals surface area contributed by atoms with Gasteiger partial charge in [-0.15, -0.1) is 0 Å². The second-order valence-corrected chi connectivity index (χ2v) is 11.6. The van der Waals surface area contributed by atoms with Gasteiger partial charge in [-0.25, -0.2) is 4.79 Å². The summed E-state index contributed by atoms with van der Waals surface area (Å²) in [7, 11) is 1.45. The number of primary amides is 1. The van der Waals surface area contributed by atoms with E-state index in [4.69, 9.17) is 37.9 Å². The molecular formula is C35H42F3N9O6. The first kappa shape index (κ1) is 42.7. The van der Waals surface area contributed by atoms with Crippen molar-refractivity contribution in [1.29, 1.82) is 10.8 Å². The number of para-hydroxylation sites is 1. The quantitative estimate of drug-likeness (QED) is 0.0447. The number of nitrogens with one attached hydrogen (secondary N) is 5. The highest BCUT2D eigenvalue weighted by atomic mass is 19.4. The van der Waals surface area contributed by atoms with Crippen molar-refractivity contribution >= 4 is 47.1 Å². The zero-order valence-electron chi connectivity index (χ0n) is 28.7. The van der Waals surface area contributed by atoms with Gasteiger partial charge in [-0.3, -0.25) is 30.0 Å². The topological polar surface area (TPSA) is 271 Å². The molecule has 0 aliphatic heterocycles. The van der Waals surface area contributed by atoms with Gasteiger partial charge in [0.1, 0.15) is 23.8 Å². The van der Waals surface area contributed by atoms with E-state index in [9.17, 15) is 32.3 Å². The molecular weight excluding hydrogens is 699 g/mol. The number of rotatable bonds is 16. The molecule has 0 aromatic heterocycles. The Hall–Kier alpha value is -6.46. The number of carboxylic acids is 1. The number of hydrogen-bond acceptors (Lipinski definition) is 7. The van der Waals surface area contributed by atoms with Crippen LogP contribution in [0.2, 0.25) is 0 Å². The lowest BCUT2D eigenvalue weighted by Crippen LogP contribution is -2.56. The fourth-order valence-corrected chi connectivity index (χ4v) is 4.82. The van der Waals surface area contributed by atoms with Gasteiger partial charge in [0.25, 0.3) is 0 Å². The fourth-order valence-electron chi connectivity index (χ4n) is 4.82. The molecule has 284 valence electrons. The number of nitrogens with two attached hydrogens (primary N) is 3. The van der Waals surface area contributed by atoms with Crippen LogP contribution in [0.25, 0.3) is 0 Å². The molecule has 0 saturated carbocycles. The Kier molecular flexibility index (Phi) is 16.4. The van der Waals surface area contributed by atoms with E-state index >= 15 is 0 Å². The third-order valence-electron chi connectivity index (χ3n) is 7.64. The van der Waals surface area contributed by atoms with Gasteiger partial charge < -0.3 is 43.2 Å². The molecule has 3 aromatic rings. The molecule has 4 amide bonds. The molecule has 0 bridgehead atoms. The maximum absolute atomic E-state index is 14.2. The Labute approximate surface area is 303 Å². The number of alkyl halides is 3. The maximum Gasteiger partial charge on any atom is 0.490 e. The first-order chi connectivity index (χ1) is 24.9. The number of hydrogen-bond donors (Lipinski definition) is 9. The van der Waals surface area contributed by atoms with Gasteiger partial charge in [0, 0.05) is 31.3 Å². The lowest BCUT2D eigenvalue weighted by Gasteiger charge is -2.31. The summed E-state index contributed by atoms with van der Waals surface area (Å²) in [5.41, 5.74) is 18.9. The minimum Gasteiger partial charge on any atom is -0.475 e. The summed E-state index contributed by atoms with van der Waals surface area (Å²) in [6.45, 7) is 0.298. The summed E-state index contributed by atoms with van der Waals surface area (Å²) in [6.07, 6.45) is -4.41. The van der Waals surface area contributed by atoms with Crippen molar-refractivity contribution in [2.45, 2.75) is 43.9 Å².